The monoisotopic (exact) mass is 278 g/mol. The van der Waals surface area contributed by atoms with Gasteiger partial charge in [0.2, 0.25) is 0 Å². The normalized spacial score (nSPS) is 10.4. The Bertz CT molecular complexity index is 667. The Morgan fingerprint density at radius 3 is 1.48 bits per heavy atom. The molecule has 0 amide bonds. The van der Waals surface area contributed by atoms with Crippen LogP contribution in [0.1, 0.15) is 6.92 Å². The molecule has 3 aromatic carbocycles. The summed E-state index contributed by atoms with van der Waals surface area (Å²) in [7, 11) is 1.35. The van der Waals surface area contributed by atoms with Gasteiger partial charge in [0, 0.05) is 6.08 Å². The number of allylic oxidation sites excluding steroid dienone is 1. The van der Waals surface area contributed by atoms with E-state index in [1.54, 1.807) is 13.0 Å². The van der Waals surface area contributed by atoms with Crippen LogP contribution in [0.4, 0.5) is 0 Å². The maximum atomic E-state index is 10.1. The fourth-order valence-electron chi connectivity index (χ4n) is 2.09. The van der Waals surface area contributed by atoms with Crippen molar-refractivity contribution in [2.45, 2.75) is 6.92 Å². The average molecular weight is 278 g/mol. The fraction of sp³-hybridized carbons (Fsp3) is 0.105. The largest absolute Gasteiger partial charge is 0.466 e. The number of rotatable bonds is 1. The molecule has 21 heavy (non-hydrogen) atoms. The predicted molar refractivity (Wildman–Crippen MR) is 88.3 cm³/mol. The summed E-state index contributed by atoms with van der Waals surface area (Å²) in [4.78, 5) is 10.1. The number of esters is 1. The van der Waals surface area contributed by atoms with Crippen LogP contribution in [0, 0.1) is 0 Å². The molecule has 0 aromatic heterocycles. The minimum atomic E-state index is -0.303. The molecular formula is C19H18O2. The number of carbonyl (C=O) groups is 1. The number of methoxy groups -OCH3 is 1. The number of carbonyl (C=O) groups excluding carboxylic acids is 1. The summed E-state index contributed by atoms with van der Waals surface area (Å²) >= 11 is 0. The molecule has 0 saturated carbocycles. The maximum absolute atomic E-state index is 10.1. The van der Waals surface area contributed by atoms with E-state index in [4.69, 9.17) is 0 Å². The van der Waals surface area contributed by atoms with Crippen LogP contribution >= 0.6 is 0 Å². The molecule has 0 unspecified atom stereocenters. The number of hydrogen-bond acceptors (Lipinski definition) is 2. The first kappa shape index (κ1) is 14.8. The summed E-state index contributed by atoms with van der Waals surface area (Å²) < 4.78 is 4.26. The molecule has 0 saturated heterocycles. The molecule has 0 N–H and O–H groups in total. The number of ether oxygens (including phenoxy) is 1. The van der Waals surface area contributed by atoms with Crippen molar-refractivity contribution >= 4 is 27.5 Å². The van der Waals surface area contributed by atoms with Crippen molar-refractivity contribution in [3.05, 3.63) is 72.8 Å². The summed E-state index contributed by atoms with van der Waals surface area (Å²) in [6.07, 6.45) is 2.99. The van der Waals surface area contributed by atoms with Crippen molar-refractivity contribution in [3.8, 4) is 0 Å². The zero-order valence-electron chi connectivity index (χ0n) is 12.2. The van der Waals surface area contributed by atoms with E-state index in [2.05, 4.69) is 65.4 Å². The Labute approximate surface area is 124 Å². The third kappa shape index (κ3) is 3.93. The molecule has 0 bridgehead atoms. The van der Waals surface area contributed by atoms with Crippen LogP contribution in [0.25, 0.3) is 21.5 Å². The van der Waals surface area contributed by atoms with Crippen molar-refractivity contribution in [3.63, 3.8) is 0 Å². The molecule has 0 aliphatic carbocycles. The van der Waals surface area contributed by atoms with E-state index in [0.717, 1.165) is 0 Å². The van der Waals surface area contributed by atoms with Crippen molar-refractivity contribution in [1.82, 2.24) is 0 Å². The van der Waals surface area contributed by atoms with Gasteiger partial charge in [-0.25, -0.2) is 4.79 Å². The van der Waals surface area contributed by atoms with Crippen LogP contribution in [-0.4, -0.2) is 13.1 Å². The summed E-state index contributed by atoms with van der Waals surface area (Å²) in [5.41, 5.74) is 0. The van der Waals surface area contributed by atoms with E-state index in [9.17, 15) is 4.79 Å². The van der Waals surface area contributed by atoms with Crippen molar-refractivity contribution in [2.75, 3.05) is 7.11 Å². The molecule has 2 nitrogen and oxygen atoms in total. The van der Waals surface area contributed by atoms with Crippen LogP contribution in [0.3, 0.4) is 0 Å². The molecule has 0 aliphatic rings. The van der Waals surface area contributed by atoms with Crippen LogP contribution in [0.15, 0.2) is 72.8 Å². The lowest BCUT2D eigenvalue weighted by Crippen LogP contribution is -1.92. The molecule has 0 atom stereocenters. The summed E-state index contributed by atoms with van der Waals surface area (Å²) in [6, 6.07) is 21.4. The van der Waals surface area contributed by atoms with Gasteiger partial charge in [-0.05, 0) is 40.6 Å². The smallest absolute Gasteiger partial charge is 0.330 e. The standard InChI is InChI=1S/C14H10.C5H8O2/c1-2-6-12-10-14-8-4-3-7-13(14)9-11(12)5-1;1-3-4-5(6)7-2/h1-10H;3-4H,1-2H3/b;4-3+. The van der Waals surface area contributed by atoms with Gasteiger partial charge in [0.05, 0.1) is 7.11 Å². The lowest BCUT2D eigenvalue weighted by Gasteiger charge is -2.00. The van der Waals surface area contributed by atoms with Gasteiger partial charge in [-0.3, -0.25) is 0 Å². The van der Waals surface area contributed by atoms with Gasteiger partial charge in [-0.2, -0.15) is 0 Å². The molecule has 0 radical (unpaired) electrons. The van der Waals surface area contributed by atoms with Crippen molar-refractivity contribution < 1.29 is 9.53 Å². The van der Waals surface area contributed by atoms with E-state index < -0.39 is 0 Å². The second-order valence-corrected chi connectivity index (χ2v) is 4.57. The van der Waals surface area contributed by atoms with Gasteiger partial charge in [-0.15, -0.1) is 0 Å². The van der Waals surface area contributed by atoms with Crippen LogP contribution in [0.5, 0.6) is 0 Å². The molecule has 3 rings (SSSR count). The van der Waals surface area contributed by atoms with Gasteiger partial charge in [-0.1, -0.05) is 54.6 Å². The van der Waals surface area contributed by atoms with E-state index in [1.165, 1.54) is 34.7 Å². The lowest BCUT2D eigenvalue weighted by atomic mass is 10.0. The Morgan fingerprint density at radius 2 is 1.24 bits per heavy atom. The zero-order chi connectivity index (χ0) is 15.1. The van der Waals surface area contributed by atoms with E-state index in [1.807, 2.05) is 0 Å². The zero-order valence-corrected chi connectivity index (χ0v) is 12.2. The van der Waals surface area contributed by atoms with E-state index in [-0.39, 0.29) is 5.97 Å². The topological polar surface area (TPSA) is 26.3 Å². The molecule has 0 aliphatic heterocycles. The third-order valence-electron chi connectivity index (χ3n) is 3.12. The van der Waals surface area contributed by atoms with Crippen LogP contribution < -0.4 is 0 Å². The van der Waals surface area contributed by atoms with Crippen molar-refractivity contribution in [1.29, 1.82) is 0 Å². The number of hydrogen-bond donors (Lipinski definition) is 0. The Morgan fingerprint density at radius 1 is 0.857 bits per heavy atom. The highest BCUT2D eigenvalue weighted by atomic mass is 16.5. The first-order valence-corrected chi connectivity index (χ1v) is 6.83. The Balaban J connectivity index is 0.000000199. The van der Waals surface area contributed by atoms with Crippen molar-refractivity contribution in [2.24, 2.45) is 0 Å². The molecular weight excluding hydrogens is 260 g/mol. The average Bonchev–Trinajstić information content (AvgIpc) is 2.53. The van der Waals surface area contributed by atoms with Crippen LogP contribution in [0.2, 0.25) is 0 Å². The highest BCUT2D eigenvalue weighted by Gasteiger charge is 1.95. The van der Waals surface area contributed by atoms with Crippen LogP contribution in [-0.2, 0) is 9.53 Å². The molecule has 3 aromatic rings. The summed E-state index contributed by atoms with van der Waals surface area (Å²) in [5, 5.41) is 5.25. The highest BCUT2D eigenvalue weighted by molar-refractivity contribution is 5.98. The summed E-state index contributed by atoms with van der Waals surface area (Å²) in [5.74, 6) is -0.303. The fourth-order valence-corrected chi connectivity index (χ4v) is 2.09. The van der Waals surface area contributed by atoms with Gasteiger partial charge in [0.1, 0.15) is 0 Å². The SMILES string of the molecule is C/C=C/C(=O)OC.c1ccc2cc3ccccc3cc2c1. The molecule has 2 heteroatoms. The summed E-state index contributed by atoms with van der Waals surface area (Å²) in [6.45, 7) is 1.76. The number of fused-ring (bicyclic) bond motifs is 2. The first-order valence-electron chi connectivity index (χ1n) is 6.83. The minimum Gasteiger partial charge on any atom is -0.466 e. The molecule has 0 spiro atoms. The second kappa shape index (κ2) is 7.25. The third-order valence-corrected chi connectivity index (χ3v) is 3.12. The second-order valence-electron chi connectivity index (χ2n) is 4.57. The van der Waals surface area contributed by atoms with Gasteiger partial charge >= 0.3 is 5.97 Å². The number of benzene rings is 3. The van der Waals surface area contributed by atoms with Gasteiger partial charge < -0.3 is 4.74 Å². The van der Waals surface area contributed by atoms with Gasteiger partial charge in [0.25, 0.3) is 0 Å². The molecule has 106 valence electrons. The Kier molecular flexibility index (Phi) is 5.10. The van der Waals surface area contributed by atoms with E-state index >= 15 is 0 Å². The lowest BCUT2D eigenvalue weighted by molar-refractivity contribution is -0.134. The first-order chi connectivity index (χ1) is 10.2. The Hall–Kier alpha value is -2.61. The van der Waals surface area contributed by atoms with Gasteiger partial charge in [0.15, 0.2) is 0 Å². The highest BCUT2D eigenvalue weighted by Crippen LogP contribution is 2.21. The predicted octanol–water partition coefficient (Wildman–Crippen LogP) is 4.73. The quantitative estimate of drug-likeness (QED) is 0.365. The molecule has 0 fully saturated rings. The van der Waals surface area contributed by atoms with E-state index in [0.29, 0.717) is 0 Å². The molecule has 0 heterocycles. The maximum Gasteiger partial charge on any atom is 0.330 e. The minimum absolute atomic E-state index is 0.303.